The number of hydrogen-bond acceptors (Lipinski definition) is 4. The number of hydrogen-bond donors (Lipinski definition) is 1. The Morgan fingerprint density at radius 1 is 1.11 bits per heavy atom. The Morgan fingerprint density at radius 2 is 1.89 bits per heavy atom. The molecule has 2 aromatic carbocycles. The van der Waals surface area contributed by atoms with E-state index in [1.54, 1.807) is 11.3 Å². The highest BCUT2D eigenvalue weighted by atomic mass is 32.1. The van der Waals surface area contributed by atoms with Gasteiger partial charge in [-0.15, -0.1) is 11.3 Å². The Morgan fingerprint density at radius 3 is 2.59 bits per heavy atom. The molecule has 1 N–H and O–H groups in total. The number of furan rings is 1. The van der Waals surface area contributed by atoms with Gasteiger partial charge in [0.1, 0.15) is 5.58 Å². The van der Waals surface area contributed by atoms with E-state index >= 15 is 0 Å². The lowest BCUT2D eigenvalue weighted by atomic mass is 10.1. The van der Waals surface area contributed by atoms with Crippen LogP contribution in [0.4, 0.5) is 0 Å². The maximum Gasteiger partial charge on any atom is 0.287 e. The maximum atomic E-state index is 12.6. The summed E-state index contributed by atoms with van der Waals surface area (Å²) in [5.41, 5.74) is 5.83. The zero-order chi connectivity index (χ0) is 19.0. The van der Waals surface area contributed by atoms with Crippen LogP contribution in [-0.4, -0.2) is 10.9 Å². The number of fused-ring (bicyclic) bond motifs is 1. The molecule has 0 saturated carbocycles. The van der Waals surface area contributed by atoms with E-state index in [0.29, 0.717) is 12.3 Å². The molecule has 1 amide bonds. The first kappa shape index (κ1) is 17.5. The largest absolute Gasteiger partial charge is 0.451 e. The number of carbonyl (C=O) groups is 1. The molecule has 4 aromatic rings. The summed E-state index contributed by atoms with van der Waals surface area (Å²) in [4.78, 5) is 17.1. The third-order valence-electron chi connectivity index (χ3n) is 4.62. The molecule has 136 valence electrons. The lowest BCUT2D eigenvalue weighted by molar-refractivity contribution is 0.0924. The van der Waals surface area contributed by atoms with Gasteiger partial charge in [0, 0.05) is 28.4 Å². The maximum absolute atomic E-state index is 12.6. The number of amides is 1. The fourth-order valence-corrected chi connectivity index (χ4v) is 3.72. The van der Waals surface area contributed by atoms with Crippen LogP contribution in [-0.2, 0) is 6.54 Å². The summed E-state index contributed by atoms with van der Waals surface area (Å²) >= 11 is 1.64. The first-order valence-electron chi connectivity index (χ1n) is 8.80. The smallest absolute Gasteiger partial charge is 0.287 e. The van der Waals surface area contributed by atoms with Crippen LogP contribution in [0, 0.1) is 20.8 Å². The van der Waals surface area contributed by atoms with Gasteiger partial charge in [-0.2, -0.15) is 0 Å². The molecular formula is C22H20N2O2S. The highest BCUT2D eigenvalue weighted by molar-refractivity contribution is 7.09. The van der Waals surface area contributed by atoms with Crippen molar-refractivity contribution in [3.05, 3.63) is 75.3 Å². The standard InChI is InChI=1S/C22H20N2O2S/c1-13-4-9-18-14(2)21(26-20(18)10-13)22(25)23-11-16-5-7-17(8-6-16)19-12-27-15(3)24-19/h4-10,12H,11H2,1-3H3,(H,23,25). The summed E-state index contributed by atoms with van der Waals surface area (Å²) < 4.78 is 5.79. The first-order chi connectivity index (χ1) is 13.0. The molecule has 0 saturated heterocycles. The summed E-state index contributed by atoms with van der Waals surface area (Å²) in [5, 5.41) is 7.04. The molecule has 0 aliphatic heterocycles. The van der Waals surface area contributed by atoms with Gasteiger partial charge in [0.05, 0.1) is 10.7 Å². The minimum atomic E-state index is -0.194. The Hall–Kier alpha value is -2.92. The third kappa shape index (κ3) is 3.51. The SMILES string of the molecule is Cc1ccc2c(C)c(C(=O)NCc3ccc(-c4csc(C)n4)cc3)oc2c1. The van der Waals surface area contributed by atoms with Crippen molar-refractivity contribution < 1.29 is 9.21 Å². The minimum absolute atomic E-state index is 0.194. The molecule has 0 bridgehead atoms. The van der Waals surface area contributed by atoms with E-state index in [1.165, 1.54) is 0 Å². The number of carbonyl (C=O) groups excluding carboxylic acids is 1. The van der Waals surface area contributed by atoms with Crippen molar-refractivity contribution in [1.29, 1.82) is 0 Å². The fraction of sp³-hybridized carbons (Fsp3) is 0.182. The molecule has 4 rings (SSSR count). The summed E-state index contributed by atoms with van der Waals surface area (Å²) in [5.74, 6) is 0.186. The van der Waals surface area contributed by atoms with E-state index in [4.69, 9.17) is 4.42 Å². The van der Waals surface area contributed by atoms with Crippen molar-refractivity contribution in [3.63, 3.8) is 0 Å². The predicted molar refractivity (Wildman–Crippen MR) is 109 cm³/mol. The van der Waals surface area contributed by atoms with Gasteiger partial charge in [0.25, 0.3) is 5.91 Å². The Bertz CT molecular complexity index is 1120. The third-order valence-corrected chi connectivity index (χ3v) is 5.40. The van der Waals surface area contributed by atoms with E-state index in [0.717, 1.165) is 43.9 Å². The molecule has 0 unspecified atom stereocenters. The summed E-state index contributed by atoms with van der Waals surface area (Å²) in [7, 11) is 0. The topological polar surface area (TPSA) is 55.1 Å². The van der Waals surface area contributed by atoms with Crippen molar-refractivity contribution in [1.82, 2.24) is 10.3 Å². The minimum Gasteiger partial charge on any atom is -0.451 e. The summed E-state index contributed by atoms with van der Waals surface area (Å²) in [6.45, 7) is 6.37. The van der Waals surface area contributed by atoms with Gasteiger partial charge in [0.15, 0.2) is 5.76 Å². The van der Waals surface area contributed by atoms with Crippen LogP contribution in [0.5, 0.6) is 0 Å². The Kier molecular flexibility index (Phi) is 4.54. The Balaban J connectivity index is 1.47. The highest BCUT2D eigenvalue weighted by Crippen LogP contribution is 2.26. The highest BCUT2D eigenvalue weighted by Gasteiger charge is 2.17. The van der Waals surface area contributed by atoms with Crippen LogP contribution >= 0.6 is 11.3 Å². The average molecular weight is 376 g/mol. The molecule has 2 aromatic heterocycles. The predicted octanol–water partition coefficient (Wildman–Crippen LogP) is 5.41. The molecule has 27 heavy (non-hydrogen) atoms. The lowest BCUT2D eigenvalue weighted by Crippen LogP contribution is -2.22. The normalized spacial score (nSPS) is 11.1. The number of benzene rings is 2. The van der Waals surface area contributed by atoms with Crippen molar-refractivity contribution in [3.8, 4) is 11.3 Å². The van der Waals surface area contributed by atoms with Gasteiger partial charge in [-0.25, -0.2) is 4.98 Å². The number of rotatable bonds is 4. The average Bonchev–Trinajstić information content (AvgIpc) is 3.23. The number of nitrogens with zero attached hydrogens (tertiary/aromatic N) is 1. The van der Waals surface area contributed by atoms with Gasteiger partial charge in [0.2, 0.25) is 0 Å². The van der Waals surface area contributed by atoms with E-state index in [2.05, 4.69) is 15.7 Å². The van der Waals surface area contributed by atoms with Crippen molar-refractivity contribution in [2.75, 3.05) is 0 Å². The van der Waals surface area contributed by atoms with Crippen LogP contribution in [0.3, 0.4) is 0 Å². The van der Waals surface area contributed by atoms with Gasteiger partial charge in [-0.3, -0.25) is 4.79 Å². The van der Waals surface area contributed by atoms with Crippen LogP contribution < -0.4 is 5.32 Å². The van der Waals surface area contributed by atoms with Crippen LogP contribution in [0.25, 0.3) is 22.2 Å². The summed E-state index contributed by atoms with van der Waals surface area (Å²) in [6, 6.07) is 14.1. The number of nitrogens with one attached hydrogen (secondary N) is 1. The fourth-order valence-electron chi connectivity index (χ4n) is 3.10. The molecule has 2 heterocycles. The van der Waals surface area contributed by atoms with E-state index in [9.17, 15) is 4.79 Å². The second-order valence-corrected chi connectivity index (χ2v) is 7.75. The zero-order valence-corrected chi connectivity index (χ0v) is 16.3. The monoisotopic (exact) mass is 376 g/mol. The van der Waals surface area contributed by atoms with Gasteiger partial charge >= 0.3 is 0 Å². The van der Waals surface area contributed by atoms with Crippen molar-refractivity contribution in [2.24, 2.45) is 0 Å². The molecule has 0 spiro atoms. The quantitative estimate of drug-likeness (QED) is 0.518. The number of thiazole rings is 1. The van der Waals surface area contributed by atoms with Crippen LogP contribution in [0.1, 0.15) is 32.3 Å². The van der Waals surface area contributed by atoms with Crippen molar-refractivity contribution >= 4 is 28.2 Å². The van der Waals surface area contributed by atoms with Crippen molar-refractivity contribution in [2.45, 2.75) is 27.3 Å². The van der Waals surface area contributed by atoms with E-state index in [-0.39, 0.29) is 5.91 Å². The second-order valence-electron chi connectivity index (χ2n) is 6.69. The number of aromatic nitrogens is 1. The summed E-state index contributed by atoms with van der Waals surface area (Å²) in [6.07, 6.45) is 0. The van der Waals surface area contributed by atoms with E-state index in [1.807, 2.05) is 63.2 Å². The first-order valence-corrected chi connectivity index (χ1v) is 9.68. The molecule has 5 heteroatoms. The molecule has 0 aliphatic rings. The Labute approximate surface area is 161 Å². The van der Waals surface area contributed by atoms with Gasteiger partial charge < -0.3 is 9.73 Å². The zero-order valence-electron chi connectivity index (χ0n) is 15.5. The second kappa shape index (κ2) is 7.00. The molecular weight excluding hydrogens is 356 g/mol. The molecule has 0 aliphatic carbocycles. The van der Waals surface area contributed by atoms with Crippen LogP contribution in [0.15, 0.2) is 52.3 Å². The molecule has 0 atom stereocenters. The molecule has 0 radical (unpaired) electrons. The number of aryl methyl sites for hydroxylation is 3. The van der Waals surface area contributed by atoms with Gasteiger partial charge in [-0.1, -0.05) is 36.4 Å². The lowest BCUT2D eigenvalue weighted by Gasteiger charge is -2.05. The molecule has 0 fully saturated rings. The molecule has 4 nitrogen and oxygen atoms in total. The van der Waals surface area contributed by atoms with Crippen LogP contribution in [0.2, 0.25) is 0 Å². The van der Waals surface area contributed by atoms with E-state index < -0.39 is 0 Å². The van der Waals surface area contributed by atoms with Gasteiger partial charge in [-0.05, 0) is 38.0 Å².